The molecule has 0 saturated heterocycles. The fourth-order valence-corrected chi connectivity index (χ4v) is 8.50. The highest BCUT2D eigenvalue weighted by Gasteiger charge is 2.23. The first kappa shape index (κ1) is 27.1. The number of thiophene rings is 1. The van der Waals surface area contributed by atoms with Crippen LogP contribution in [0.15, 0.2) is 164 Å². The summed E-state index contributed by atoms with van der Waals surface area (Å²) < 4.78 is 4.84. The molecule has 3 aromatic heterocycles. The average Bonchev–Trinajstić information content (AvgIpc) is 3.73. The molecule has 0 amide bonds. The summed E-state index contributed by atoms with van der Waals surface area (Å²) in [6.45, 7) is 0. The van der Waals surface area contributed by atoms with E-state index in [2.05, 4.69) is 162 Å². The number of benzene rings is 7. The monoisotopic (exact) mass is 629 g/mol. The van der Waals surface area contributed by atoms with E-state index in [-0.39, 0.29) is 0 Å². The Balaban J connectivity index is 1.31. The Labute approximate surface area is 281 Å². The fourth-order valence-electron chi connectivity index (χ4n) is 7.24. The number of nitrogens with zero attached hydrogens (tertiary/aromatic N) is 3. The summed E-state index contributed by atoms with van der Waals surface area (Å²) in [5.41, 5.74) is 8.51. The largest absolute Gasteiger partial charge is 0.276 e. The van der Waals surface area contributed by atoms with Crippen LogP contribution < -0.4 is 0 Å². The molecule has 3 heterocycles. The van der Waals surface area contributed by atoms with Crippen LogP contribution in [0.25, 0.3) is 92.3 Å². The quantitative estimate of drug-likeness (QED) is 0.194. The zero-order valence-corrected chi connectivity index (χ0v) is 26.7. The Morgan fingerprint density at radius 2 is 0.917 bits per heavy atom. The SMILES string of the molecule is c1ccc(-c2ccc(-c3cc(-c4ccccc4)nc(-n4c5ccccc5c5c6ccccc6c6c7ccccc7sc6c54)n3)cc2)cc1. The molecule has 10 rings (SSSR count). The van der Waals surface area contributed by atoms with Gasteiger partial charge in [0.1, 0.15) is 0 Å². The molecule has 0 saturated carbocycles. The number of rotatable bonds is 4. The zero-order valence-electron chi connectivity index (χ0n) is 25.8. The van der Waals surface area contributed by atoms with E-state index in [9.17, 15) is 0 Å². The Kier molecular flexibility index (Phi) is 6.05. The van der Waals surface area contributed by atoms with Crippen LogP contribution >= 0.6 is 11.3 Å². The predicted molar refractivity (Wildman–Crippen MR) is 203 cm³/mol. The fraction of sp³-hybridized carbons (Fsp3) is 0. The lowest BCUT2D eigenvalue weighted by molar-refractivity contribution is 0.998. The molecule has 7 aromatic carbocycles. The number of fused-ring (bicyclic) bond motifs is 10. The number of aromatic nitrogens is 3. The summed E-state index contributed by atoms with van der Waals surface area (Å²) >= 11 is 1.85. The summed E-state index contributed by atoms with van der Waals surface area (Å²) in [7, 11) is 0. The summed E-state index contributed by atoms with van der Waals surface area (Å²) in [6.07, 6.45) is 0. The molecule has 0 aliphatic carbocycles. The maximum Gasteiger partial charge on any atom is 0.235 e. The molecular weight excluding hydrogens is 603 g/mol. The van der Waals surface area contributed by atoms with Crippen LogP contribution in [0.2, 0.25) is 0 Å². The normalized spacial score (nSPS) is 11.8. The highest BCUT2D eigenvalue weighted by Crippen LogP contribution is 2.47. The van der Waals surface area contributed by atoms with Crippen LogP contribution in [0.3, 0.4) is 0 Å². The van der Waals surface area contributed by atoms with E-state index in [1.165, 1.54) is 52.8 Å². The van der Waals surface area contributed by atoms with Gasteiger partial charge in [0.15, 0.2) is 0 Å². The van der Waals surface area contributed by atoms with Crippen molar-refractivity contribution in [2.45, 2.75) is 0 Å². The average molecular weight is 630 g/mol. The van der Waals surface area contributed by atoms with Gasteiger partial charge in [-0.2, -0.15) is 0 Å². The van der Waals surface area contributed by atoms with Crippen molar-refractivity contribution in [2.24, 2.45) is 0 Å². The molecule has 0 atom stereocenters. The minimum absolute atomic E-state index is 0.665. The Bertz CT molecular complexity index is 2810. The Morgan fingerprint density at radius 1 is 0.417 bits per heavy atom. The van der Waals surface area contributed by atoms with Gasteiger partial charge in [-0.3, -0.25) is 4.57 Å². The second-order valence-corrected chi connectivity index (χ2v) is 13.2. The van der Waals surface area contributed by atoms with Gasteiger partial charge in [-0.05, 0) is 40.1 Å². The van der Waals surface area contributed by atoms with Gasteiger partial charge in [0.25, 0.3) is 0 Å². The van der Waals surface area contributed by atoms with Crippen molar-refractivity contribution in [3.05, 3.63) is 164 Å². The maximum atomic E-state index is 5.37. The Morgan fingerprint density at radius 3 is 1.62 bits per heavy atom. The summed E-state index contributed by atoms with van der Waals surface area (Å²) in [4.78, 5) is 10.7. The lowest BCUT2D eigenvalue weighted by Gasteiger charge is -2.13. The van der Waals surface area contributed by atoms with E-state index in [4.69, 9.17) is 9.97 Å². The van der Waals surface area contributed by atoms with Gasteiger partial charge in [-0.25, -0.2) is 9.97 Å². The molecule has 0 radical (unpaired) electrons. The third-order valence-electron chi connectivity index (χ3n) is 9.42. The van der Waals surface area contributed by atoms with Gasteiger partial charge in [0.2, 0.25) is 5.95 Å². The first-order valence-corrected chi connectivity index (χ1v) is 17.0. The minimum Gasteiger partial charge on any atom is -0.276 e. The topological polar surface area (TPSA) is 30.7 Å². The van der Waals surface area contributed by atoms with Crippen LogP contribution in [-0.4, -0.2) is 14.5 Å². The van der Waals surface area contributed by atoms with E-state index in [1.54, 1.807) is 0 Å². The van der Waals surface area contributed by atoms with Gasteiger partial charge in [0, 0.05) is 37.4 Å². The highest BCUT2D eigenvalue weighted by atomic mass is 32.1. The number of hydrogen-bond donors (Lipinski definition) is 0. The Hall–Kier alpha value is -6.10. The van der Waals surface area contributed by atoms with E-state index >= 15 is 0 Å². The molecule has 3 nitrogen and oxygen atoms in total. The van der Waals surface area contributed by atoms with Crippen molar-refractivity contribution in [1.82, 2.24) is 14.5 Å². The third-order valence-corrected chi connectivity index (χ3v) is 10.6. The van der Waals surface area contributed by atoms with Crippen LogP contribution in [0, 0.1) is 0 Å². The van der Waals surface area contributed by atoms with Crippen molar-refractivity contribution in [2.75, 3.05) is 0 Å². The third kappa shape index (κ3) is 4.13. The van der Waals surface area contributed by atoms with Crippen molar-refractivity contribution < 1.29 is 0 Å². The maximum absolute atomic E-state index is 5.37. The molecule has 0 fully saturated rings. The molecule has 224 valence electrons. The van der Waals surface area contributed by atoms with E-state index in [0.29, 0.717) is 5.95 Å². The van der Waals surface area contributed by atoms with Gasteiger partial charge in [-0.1, -0.05) is 146 Å². The second-order valence-electron chi connectivity index (χ2n) is 12.2. The van der Waals surface area contributed by atoms with Gasteiger partial charge in [0.05, 0.1) is 27.1 Å². The summed E-state index contributed by atoms with van der Waals surface area (Å²) in [5, 5.41) is 7.53. The predicted octanol–water partition coefficient (Wildman–Crippen LogP) is 12.1. The molecular formula is C44H27N3S. The zero-order chi connectivity index (χ0) is 31.6. The van der Waals surface area contributed by atoms with Crippen LogP contribution in [0.1, 0.15) is 0 Å². The molecule has 48 heavy (non-hydrogen) atoms. The van der Waals surface area contributed by atoms with Crippen molar-refractivity contribution in [3.63, 3.8) is 0 Å². The molecule has 0 aliphatic rings. The molecule has 0 N–H and O–H groups in total. The van der Waals surface area contributed by atoms with E-state index in [1.807, 2.05) is 17.4 Å². The summed E-state index contributed by atoms with van der Waals surface area (Å²) in [5.74, 6) is 0.665. The minimum atomic E-state index is 0.665. The van der Waals surface area contributed by atoms with Crippen molar-refractivity contribution >= 4 is 64.1 Å². The second kappa shape index (κ2) is 10.7. The molecule has 0 aliphatic heterocycles. The smallest absolute Gasteiger partial charge is 0.235 e. The first-order chi connectivity index (χ1) is 23.8. The van der Waals surface area contributed by atoms with E-state index < -0.39 is 0 Å². The number of para-hydroxylation sites is 1. The van der Waals surface area contributed by atoms with Gasteiger partial charge in [-0.15, -0.1) is 11.3 Å². The molecule has 0 bridgehead atoms. The molecule has 0 unspecified atom stereocenters. The molecule has 0 spiro atoms. The molecule has 10 aromatic rings. The molecule has 4 heteroatoms. The summed E-state index contributed by atoms with van der Waals surface area (Å²) in [6, 6.07) is 58.1. The standard InChI is InChI=1S/C44H27N3S/c1-3-13-28(14-4-1)29-23-25-31(26-24-29)37-27-36(30-15-5-2-6-16-30)45-44(46-37)47-38-21-11-9-19-34(38)40-32-17-7-8-18-33(32)41-35-20-10-12-22-39(35)48-43(41)42(40)47/h1-27H. The van der Waals surface area contributed by atoms with Crippen LogP contribution in [0.4, 0.5) is 0 Å². The first-order valence-electron chi connectivity index (χ1n) is 16.2. The lowest BCUT2D eigenvalue weighted by atomic mass is 9.99. The van der Waals surface area contributed by atoms with E-state index in [0.717, 1.165) is 33.5 Å². The lowest BCUT2D eigenvalue weighted by Crippen LogP contribution is -2.04. The van der Waals surface area contributed by atoms with Crippen LogP contribution in [0.5, 0.6) is 0 Å². The van der Waals surface area contributed by atoms with Crippen LogP contribution in [-0.2, 0) is 0 Å². The highest BCUT2D eigenvalue weighted by molar-refractivity contribution is 7.27. The van der Waals surface area contributed by atoms with Gasteiger partial charge < -0.3 is 0 Å². The number of hydrogen-bond acceptors (Lipinski definition) is 3. The van der Waals surface area contributed by atoms with Crippen molar-refractivity contribution in [3.8, 4) is 39.6 Å². The van der Waals surface area contributed by atoms with Crippen molar-refractivity contribution in [1.29, 1.82) is 0 Å². The van der Waals surface area contributed by atoms with Gasteiger partial charge >= 0.3 is 0 Å².